The molecule has 1 unspecified atom stereocenters. The van der Waals surface area contributed by atoms with Gasteiger partial charge < -0.3 is 15.0 Å². The Bertz CT molecular complexity index is 1150. The van der Waals surface area contributed by atoms with Gasteiger partial charge in [0.15, 0.2) is 5.82 Å². The molecule has 0 saturated carbocycles. The molecule has 0 bridgehead atoms. The van der Waals surface area contributed by atoms with Crippen molar-refractivity contribution in [3.8, 4) is 17.0 Å². The lowest BCUT2D eigenvalue weighted by atomic mass is 9.97. The molecule has 178 valence electrons. The summed E-state index contributed by atoms with van der Waals surface area (Å²) < 4.78 is 57.5. The maximum absolute atomic E-state index is 13.1. The lowest BCUT2D eigenvalue weighted by molar-refractivity contribution is -0.137. The van der Waals surface area contributed by atoms with E-state index in [2.05, 4.69) is 15.5 Å². The Morgan fingerprint density at radius 1 is 1.09 bits per heavy atom. The quantitative estimate of drug-likeness (QED) is 0.517. The highest BCUT2D eigenvalue weighted by Gasteiger charge is 2.32. The van der Waals surface area contributed by atoms with Crippen molar-refractivity contribution in [3.05, 3.63) is 66.0 Å². The minimum Gasteiger partial charge on any atom is -0.495 e. The fourth-order valence-corrected chi connectivity index (χ4v) is 3.88. The molecule has 0 radical (unpaired) electrons. The van der Waals surface area contributed by atoms with E-state index in [1.165, 1.54) is 25.3 Å². The zero-order valence-electron chi connectivity index (χ0n) is 18.3. The highest BCUT2D eigenvalue weighted by atomic mass is 19.4. The second-order valence-electron chi connectivity index (χ2n) is 7.97. The summed E-state index contributed by atoms with van der Waals surface area (Å²) >= 11 is 0. The van der Waals surface area contributed by atoms with Crippen molar-refractivity contribution in [1.82, 2.24) is 10.2 Å². The topological polar surface area (TPSA) is 67.3 Å². The van der Waals surface area contributed by atoms with Crippen LogP contribution in [0.25, 0.3) is 11.3 Å². The summed E-state index contributed by atoms with van der Waals surface area (Å²) in [5.74, 6) is -0.449. The molecule has 4 rings (SSSR count). The minimum absolute atomic E-state index is 0.0251. The third-order valence-electron chi connectivity index (χ3n) is 5.69. The first-order chi connectivity index (χ1) is 16.2. The SMILES string of the molecule is COc1ccc(C(F)(F)F)cc1NC(=O)C1CCCN(c2ccc(-c3ccc(F)cc3)nn2)C1. The molecular weight excluding hydrogens is 452 g/mol. The number of nitrogens with one attached hydrogen (secondary N) is 1. The number of anilines is 2. The number of nitrogens with zero attached hydrogens (tertiary/aromatic N) is 3. The first-order valence-electron chi connectivity index (χ1n) is 10.7. The summed E-state index contributed by atoms with van der Waals surface area (Å²) in [5, 5.41) is 11.1. The second kappa shape index (κ2) is 9.66. The van der Waals surface area contributed by atoms with Gasteiger partial charge in [-0.2, -0.15) is 13.2 Å². The lowest BCUT2D eigenvalue weighted by Gasteiger charge is -2.32. The van der Waals surface area contributed by atoms with Crippen molar-refractivity contribution in [2.45, 2.75) is 19.0 Å². The van der Waals surface area contributed by atoms with E-state index in [9.17, 15) is 22.4 Å². The summed E-state index contributed by atoms with van der Waals surface area (Å²) in [5.41, 5.74) is 0.423. The fourth-order valence-electron chi connectivity index (χ4n) is 3.88. The molecule has 34 heavy (non-hydrogen) atoms. The van der Waals surface area contributed by atoms with Gasteiger partial charge in [-0.15, -0.1) is 10.2 Å². The summed E-state index contributed by atoms with van der Waals surface area (Å²) in [6, 6.07) is 12.4. The Morgan fingerprint density at radius 3 is 2.50 bits per heavy atom. The lowest BCUT2D eigenvalue weighted by Crippen LogP contribution is -2.41. The van der Waals surface area contributed by atoms with Crippen molar-refractivity contribution in [2.75, 3.05) is 30.4 Å². The van der Waals surface area contributed by atoms with Gasteiger partial charge in [0.1, 0.15) is 11.6 Å². The monoisotopic (exact) mass is 474 g/mol. The highest BCUT2D eigenvalue weighted by Crippen LogP contribution is 2.35. The molecule has 2 heterocycles. The van der Waals surface area contributed by atoms with E-state index in [1.54, 1.807) is 24.3 Å². The summed E-state index contributed by atoms with van der Waals surface area (Å²) in [6.07, 6.45) is -3.24. The van der Waals surface area contributed by atoms with Crippen molar-refractivity contribution in [3.63, 3.8) is 0 Å². The van der Waals surface area contributed by atoms with Crippen molar-refractivity contribution < 1.29 is 27.1 Å². The molecule has 1 saturated heterocycles. The molecule has 0 spiro atoms. The normalized spacial score (nSPS) is 16.3. The largest absolute Gasteiger partial charge is 0.495 e. The Labute approximate surface area is 193 Å². The molecule has 1 fully saturated rings. The number of rotatable bonds is 5. The minimum atomic E-state index is -4.54. The molecule has 6 nitrogen and oxygen atoms in total. The predicted octanol–water partition coefficient (Wildman–Crippen LogP) is 5.17. The first-order valence-corrected chi connectivity index (χ1v) is 10.7. The molecule has 1 amide bonds. The van der Waals surface area contributed by atoms with Gasteiger partial charge in [0.25, 0.3) is 0 Å². The van der Waals surface area contributed by atoms with Crippen molar-refractivity contribution in [1.29, 1.82) is 0 Å². The fraction of sp³-hybridized carbons (Fsp3) is 0.292. The molecule has 1 aliphatic rings. The van der Waals surface area contributed by atoms with Gasteiger partial charge in [0.2, 0.25) is 5.91 Å². The van der Waals surface area contributed by atoms with Gasteiger partial charge in [-0.25, -0.2) is 4.39 Å². The molecular formula is C24H22F4N4O2. The van der Waals surface area contributed by atoms with Gasteiger partial charge in [0.05, 0.1) is 30.0 Å². The molecule has 10 heteroatoms. The average molecular weight is 474 g/mol. The third-order valence-corrected chi connectivity index (χ3v) is 5.69. The van der Waals surface area contributed by atoms with E-state index < -0.39 is 23.6 Å². The van der Waals surface area contributed by atoms with Crippen LogP contribution < -0.4 is 15.0 Å². The highest BCUT2D eigenvalue weighted by molar-refractivity contribution is 5.94. The number of aromatic nitrogens is 2. The number of halogens is 4. The zero-order chi connectivity index (χ0) is 24.3. The summed E-state index contributed by atoms with van der Waals surface area (Å²) in [6.45, 7) is 1.01. The first kappa shape index (κ1) is 23.5. The second-order valence-corrected chi connectivity index (χ2v) is 7.97. The van der Waals surface area contributed by atoms with Gasteiger partial charge in [-0.05, 0) is 67.4 Å². The van der Waals surface area contributed by atoms with Crippen LogP contribution in [0.2, 0.25) is 0 Å². The van der Waals surface area contributed by atoms with Crippen molar-refractivity contribution in [2.24, 2.45) is 5.92 Å². The maximum Gasteiger partial charge on any atom is 0.416 e. The number of hydrogen-bond donors (Lipinski definition) is 1. The molecule has 0 aliphatic carbocycles. The molecule has 1 N–H and O–H groups in total. The molecule has 1 atom stereocenters. The van der Waals surface area contributed by atoms with E-state index in [-0.39, 0.29) is 17.3 Å². The van der Waals surface area contributed by atoms with Gasteiger partial charge in [-0.3, -0.25) is 4.79 Å². The molecule has 3 aromatic rings. The van der Waals surface area contributed by atoms with E-state index in [4.69, 9.17) is 4.74 Å². The molecule has 1 aromatic heterocycles. The Hall–Kier alpha value is -3.69. The molecule has 1 aliphatic heterocycles. The Balaban J connectivity index is 1.46. The smallest absolute Gasteiger partial charge is 0.416 e. The van der Waals surface area contributed by atoms with Crippen LogP contribution in [-0.4, -0.2) is 36.3 Å². The number of amides is 1. The van der Waals surface area contributed by atoms with E-state index in [0.717, 1.165) is 17.7 Å². The number of carbonyl (C=O) groups excluding carboxylic acids is 1. The van der Waals surface area contributed by atoms with Crippen LogP contribution in [0.15, 0.2) is 54.6 Å². The van der Waals surface area contributed by atoms with Crippen LogP contribution >= 0.6 is 0 Å². The summed E-state index contributed by atoms with van der Waals surface area (Å²) in [7, 11) is 1.33. The molecule has 2 aromatic carbocycles. The number of hydrogen-bond acceptors (Lipinski definition) is 5. The number of ether oxygens (including phenoxy) is 1. The van der Waals surface area contributed by atoms with Gasteiger partial charge in [0, 0.05) is 18.7 Å². The van der Waals surface area contributed by atoms with Crippen LogP contribution in [0.3, 0.4) is 0 Å². The van der Waals surface area contributed by atoms with E-state index in [1.807, 2.05) is 4.90 Å². The number of carbonyl (C=O) groups is 1. The number of piperidine rings is 1. The van der Waals surface area contributed by atoms with Crippen LogP contribution in [-0.2, 0) is 11.0 Å². The van der Waals surface area contributed by atoms with Gasteiger partial charge >= 0.3 is 6.18 Å². The Kier molecular flexibility index (Phi) is 6.67. The van der Waals surface area contributed by atoms with E-state index >= 15 is 0 Å². The van der Waals surface area contributed by atoms with Crippen LogP contribution in [0, 0.1) is 11.7 Å². The predicted molar refractivity (Wildman–Crippen MR) is 119 cm³/mol. The number of alkyl halides is 3. The third kappa shape index (κ3) is 5.27. The standard InChI is InChI=1S/C24H22F4N4O2/c1-34-21-10-6-17(24(26,27)28)13-20(21)29-23(33)16-3-2-12-32(14-16)22-11-9-19(30-31-22)15-4-7-18(25)8-5-15/h4-11,13,16H,2-3,12,14H2,1H3,(H,29,33). The Morgan fingerprint density at radius 2 is 1.85 bits per heavy atom. The average Bonchev–Trinajstić information content (AvgIpc) is 2.84. The van der Waals surface area contributed by atoms with Crippen molar-refractivity contribution >= 4 is 17.4 Å². The number of methoxy groups -OCH3 is 1. The van der Waals surface area contributed by atoms with E-state index in [0.29, 0.717) is 37.4 Å². The van der Waals surface area contributed by atoms with Crippen LogP contribution in [0.4, 0.5) is 29.1 Å². The van der Waals surface area contributed by atoms with Crippen LogP contribution in [0.5, 0.6) is 5.75 Å². The maximum atomic E-state index is 13.1. The van der Waals surface area contributed by atoms with Gasteiger partial charge in [-0.1, -0.05) is 0 Å². The zero-order valence-corrected chi connectivity index (χ0v) is 18.3. The van der Waals surface area contributed by atoms with Crippen LogP contribution in [0.1, 0.15) is 18.4 Å². The number of benzene rings is 2. The summed E-state index contributed by atoms with van der Waals surface area (Å²) in [4.78, 5) is 14.8.